The van der Waals surface area contributed by atoms with Gasteiger partial charge >= 0.3 is 0 Å². The fraction of sp³-hybridized carbons (Fsp3) is 0.455. The fourth-order valence-electron chi connectivity index (χ4n) is 1.70. The quantitative estimate of drug-likeness (QED) is 0.861. The van der Waals surface area contributed by atoms with Gasteiger partial charge in [-0.15, -0.1) is 0 Å². The Kier molecular flexibility index (Phi) is 3.41. The Hall–Kier alpha value is -1.13. The summed E-state index contributed by atoms with van der Waals surface area (Å²) in [6.45, 7) is 2.63. The van der Waals surface area contributed by atoms with Gasteiger partial charge < -0.3 is 10.1 Å². The van der Waals surface area contributed by atoms with E-state index in [4.69, 9.17) is 16.3 Å². The lowest BCUT2D eigenvalue weighted by atomic mass is 10.0. The van der Waals surface area contributed by atoms with Gasteiger partial charge in [0.1, 0.15) is 6.10 Å². The van der Waals surface area contributed by atoms with E-state index in [1.54, 1.807) is 18.3 Å². The Morgan fingerprint density at radius 1 is 1.69 bits per heavy atom. The Bertz CT molecular complexity index is 397. The molecule has 0 aromatic carbocycles. The van der Waals surface area contributed by atoms with Gasteiger partial charge in [0, 0.05) is 12.8 Å². The standard InChI is InChI=1S/C11H13ClN2O2/c1-7-4-6-16-9(7)11(15)14-10-8(12)3-2-5-13-10/h2-3,5,7,9H,4,6H2,1H3,(H,13,14,15)/t7-,9+/m1/s1. The molecule has 2 heterocycles. The molecule has 16 heavy (non-hydrogen) atoms. The maximum Gasteiger partial charge on any atom is 0.254 e. The van der Waals surface area contributed by atoms with E-state index in [-0.39, 0.29) is 11.8 Å². The van der Waals surface area contributed by atoms with Crippen LogP contribution in [0.4, 0.5) is 5.82 Å². The van der Waals surface area contributed by atoms with Crippen LogP contribution in [0.25, 0.3) is 0 Å². The number of nitrogens with one attached hydrogen (secondary N) is 1. The lowest BCUT2D eigenvalue weighted by molar-refractivity contribution is -0.126. The average Bonchev–Trinajstić information content (AvgIpc) is 2.68. The predicted molar refractivity (Wildman–Crippen MR) is 61.4 cm³/mol. The lowest BCUT2D eigenvalue weighted by Crippen LogP contribution is -2.31. The van der Waals surface area contributed by atoms with E-state index in [9.17, 15) is 4.79 Å². The summed E-state index contributed by atoms with van der Waals surface area (Å²) in [7, 11) is 0. The van der Waals surface area contributed by atoms with Crippen LogP contribution in [0.15, 0.2) is 18.3 Å². The molecule has 0 radical (unpaired) electrons. The second-order valence-corrected chi connectivity index (χ2v) is 4.29. The monoisotopic (exact) mass is 240 g/mol. The summed E-state index contributed by atoms with van der Waals surface area (Å²) in [4.78, 5) is 15.8. The van der Waals surface area contributed by atoms with Crippen LogP contribution < -0.4 is 5.32 Å². The Labute approximate surface area is 99.0 Å². The molecule has 1 aliphatic rings. The molecule has 1 fully saturated rings. The van der Waals surface area contributed by atoms with Crippen LogP contribution in [0.1, 0.15) is 13.3 Å². The summed E-state index contributed by atoms with van der Waals surface area (Å²) >= 11 is 5.89. The third-order valence-corrected chi connectivity index (χ3v) is 2.95. The zero-order valence-electron chi connectivity index (χ0n) is 8.94. The molecule has 2 rings (SSSR count). The number of aromatic nitrogens is 1. The zero-order valence-corrected chi connectivity index (χ0v) is 9.70. The Balaban J connectivity index is 2.05. The van der Waals surface area contributed by atoms with Gasteiger partial charge in [0.2, 0.25) is 0 Å². The summed E-state index contributed by atoms with van der Waals surface area (Å²) in [6, 6.07) is 3.40. The van der Waals surface area contributed by atoms with Crippen molar-refractivity contribution in [2.24, 2.45) is 5.92 Å². The zero-order chi connectivity index (χ0) is 11.5. The van der Waals surface area contributed by atoms with Gasteiger partial charge in [-0.05, 0) is 24.5 Å². The first-order valence-electron chi connectivity index (χ1n) is 5.21. The minimum atomic E-state index is -0.391. The number of hydrogen-bond acceptors (Lipinski definition) is 3. The van der Waals surface area contributed by atoms with Crippen LogP contribution in [0.2, 0.25) is 5.02 Å². The average molecular weight is 241 g/mol. The number of rotatable bonds is 2. The smallest absolute Gasteiger partial charge is 0.254 e. The molecular formula is C11H13ClN2O2. The van der Waals surface area contributed by atoms with Crippen LogP contribution in [-0.4, -0.2) is 23.6 Å². The number of amides is 1. The first kappa shape index (κ1) is 11.4. The minimum Gasteiger partial charge on any atom is -0.368 e. The van der Waals surface area contributed by atoms with Crippen LogP contribution in [0.5, 0.6) is 0 Å². The maximum atomic E-state index is 11.8. The molecule has 2 atom stereocenters. The summed E-state index contributed by atoms with van der Waals surface area (Å²) < 4.78 is 5.36. The highest BCUT2D eigenvalue weighted by Gasteiger charge is 2.31. The van der Waals surface area contributed by atoms with Gasteiger partial charge in [-0.3, -0.25) is 4.79 Å². The molecule has 0 aliphatic carbocycles. The first-order chi connectivity index (χ1) is 7.68. The molecule has 0 spiro atoms. The van der Waals surface area contributed by atoms with Crippen molar-refractivity contribution in [3.05, 3.63) is 23.4 Å². The second kappa shape index (κ2) is 4.80. The van der Waals surface area contributed by atoms with Crippen molar-refractivity contribution in [3.63, 3.8) is 0 Å². The van der Waals surface area contributed by atoms with E-state index in [0.717, 1.165) is 6.42 Å². The van der Waals surface area contributed by atoms with E-state index in [1.165, 1.54) is 0 Å². The number of carbonyl (C=O) groups excluding carboxylic acids is 1. The van der Waals surface area contributed by atoms with Crippen molar-refractivity contribution in [3.8, 4) is 0 Å². The second-order valence-electron chi connectivity index (χ2n) is 3.88. The molecular weight excluding hydrogens is 228 g/mol. The number of pyridine rings is 1. The Morgan fingerprint density at radius 3 is 3.12 bits per heavy atom. The van der Waals surface area contributed by atoms with Crippen molar-refractivity contribution in [1.82, 2.24) is 4.98 Å². The highest BCUT2D eigenvalue weighted by Crippen LogP contribution is 2.23. The van der Waals surface area contributed by atoms with E-state index < -0.39 is 6.10 Å². The molecule has 1 amide bonds. The van der Waals surface area contributed by atoms with Gasteiger partial charge in [0.15, 0.2) is 5.82 Å². The number of nitrogens with zero attached hydrogens (tertiary/aromatic N) is 1. The highest BCUT2D eigenvalue weighted by molar-refractivity contribution is 6.33. The lowest BCUT2D eigenvalue weighted by Gasteiger charge is -2.14. The molecule has 1 aromatic rings. The summed E-state index contributed by atoms with van der Waals surface area (Å²) in [5, 5.41) is 3.11. The molecule has 86 valence electrons. The van der Waals surface area contributed by atoms with Crippen LogP contribution in [-0.2, 0) is 9.53 Å². The number of hydrogen-bond donors (Lipinski definition) is 1. The number of halogens is 1. The summed E-state index contributed by atoms with van der Waals surface area (Å²) in [6.07, 6.45) is 2.10. The molecule has 4 nitrogen and oxygen atoms in total. The normalized spacial score (nSPS) is 24.4. The minimum absolute atomic E-state index is 0.175. The molecule has 1 aliphatic heterocycles. The predicted octanol–water partition coefficient (Wildman–Crippen LogP) is 2.10. The molecule has 1 saturated heterocycles. The number of anilines is 1. The van der Waals surface area contributed by atoms with Crippen LogP contribution >= 0.6 is 11.6 Å². The van der Waals surface area contributed by atoms with Crippen LogP contribution in [0.3, 0.4) is 0 Å². The van der Waals surface area contributed by atoms with Gasteiger partial charge in [-0.2, -0.15) is 0 Å². The first-order valence-corrected chi connectivity index (χ1v) is 5.59. The van der Waals surface area contributed by atoms with Crippen molar-refractivity contribution in [2.75, 3.05) is 11.9 Å². The third-order valence-electron chi connectivity index (χ3n) is 2.65. The van der Waals surface area contributed by atoms with E-state index >= 15 is 0 Å². The molecule has 1 N–H and O–H groups in total. The van der Waals surface area contributed by atoms with Crippen molar-refractivity contribution >= 4 is 23.3 Å². The van der Waals surface area contributed by atoms with E-state index in [0.29, 0.717) is 17.4 Å². The molecule has 1 aromatic heterocycles. The van der Waals surface area contributed by atoms with Gasteiger partial charge in [0.05, 0.1) is 5.02 Å². The molecule has 0 bridgehead atoms. The van der Waals surface area contributed by atoms with Gasteiger partial charge in [-0.1, -0.05) is 18.5 Å². The third kappa shape index (κ3) is 2.33. The Morgan fingerprint density at radius 2 is 2.50 bits per heavy atom. The number of ether oxygens (including phenoxy) is 1. The van der Waals surface area contributed by atoms with Crippen LogP contribution in [0, 0.1) is 5.92 Å². The molecule has 0 unspecified atom stereocenters. The van der Waals surface area contributed by atoms with Crippen molar-refractivity contribution < 1.29 is 9.53 Å². The summed E-state index contributed by atoms with van der Waals surface area (Å²) in [5.74, 6) is 0.449. The van der Waals surface area contributed by atoms with Gasteiger partial charge in [-0.25, -0.2) is 4.98 Å². The SMILES string of the molecule is C[C@@H]1CCO[C@@H]1C(=O)Nc1ncccc1Cl. The largest absolute Gasteiger partial charge is 0.368 e. The topological polar surface area (TPSA) is 51.2 Å². The molecule has 5 heteroatoms. The summed E-state index contributed by atoms with van der Waals surface area (Å²) in [5.41, 5.74) is 0. The van der Waals surface area contributed by atoms with E-state index in [1.807, 2.05) is 6.92 Å². The van der Waals surface area contributed by atoms with Crippen molar-refractivity contribution in [2.45, 2.75) is 19.4 Å². The highest BCUT2D eigenvalue weighted by atomic mass is 35.5. The van der Waals surface area contributed by atoms with Gasteiger partial charge in [0.25, 0.3) is 5.91 Å². The number of carbonyl (C=O) groups is 1. The maximum absolute atomic E-state index is 11.8. The van der Waals surface area contributed by atoms with E-state index in [2.05, 4.69) is 10.3 Å². The molecule has 0 saturated carbocycles. The van der Waals surface area contributed by atoms with Crippen molar-refractivity contribution in [1.29, 1.82) is 0 Å². The fourth-order valence-corrected chi connectivity index (χ4v) is 1.86.